The number of anilines is 1. The summed E-state index contributed by atoms with van der Waals surface area (Å²) in [6, 6.07) is 3.69. The maximum Gasteiger partial charge on any atom is 0.144 e. The standard InChI is InChI=1S/C12H20ClN3/c1-3-16(4-2)10-6-9-15-12-11(13)7-5-8-14-12/h5,7-8H,3-4,6,9-10H2,1-2H3,(H,14,15). The molecule has 3 nitrogen and oxygen atoms in total. The zero-order chi connectivity index (χ0) is 11.8. The molecule has 0 atom stereocenters. The second-order valence-corrected chi connectivity index (χ2v) is 4.05. The van der Waals surface area contributed by atoms with Crippen LogP contribution in [0.3, 0.4) is 0 Å². The topological polar surface area (TPSA) is 28.2 Å². The smallest absolute Gasteiger partial charge is 0.144 e. The van der Waals surface area contributed by atoms with Gasteiger partial charge in [0.05, 0.1) is 5.02 Å². The van der Waals surface area contributed by atoms with E-state index < -0.39 is 0 Å². The van der Waals surface area contributed by atoms with Gasteiger partial charge in [-0.2, -0.15) is 0 Å². The predicted molar refractivity (Wildman–Crippen MR) is 70.1 cm³/mol. The Morgan fingerprint density at radius 1 is 1.38 bits per heavy atom. The van der Waals surface area contributed by atoms with Gasteiger partial charge in [0, 0.05) is 12.7 Å². The predicted octanol–water partition coefficient (Wildman–Crippen LogP) is 2.88. The summed E-state index contributed by atoms with van der Waals surface area (Å²) in [5.74, 6) is 0.781. The summed E-state index contributed by atoms with van der Waals surface area (Å²) in [6.07, 6.45) is 2.85. The number of halogens is 1. The maximum atomic E-state index is 5.98. The van der Waals surface area contributed by atoms with Crippen molar-refractivity contribution in [1.29, 1.82) is 0 Å². The molecule has 0 amide bonds. The van der Waals surface area contributed by atoms with Crippen molar-refractivity contribution >= 4 is 17.4 Å². The Bertz CT molecular complexity index is 300. The molecule has 1 aromatic heterocycles. The van der Waals surface area contributed by atoms with Gasteiger partial charge in [0.15, 0.2) is 0 Å². The lowest BCUT2D eigenvalue weighted by atomic mass is 10.3. The number of aromatic nitrogens is 1. The molecule has 1 rings (SSSR count). The monoisotopic (exact) mass is 241 g/mol. The average molecular weight is 242 g/mol. The summed E-state index contributed by atoms with van der Waals surface area (Å²) in [4.78, 5) is 6.58. The normalized spacial score (nSPS) is 10.8. The molecule has 1 aromatic rings. The minimum atomic E-state index is 0.685. The van der Waals surface area contributed by atoms with Gasteiger partial charge < -0.3 is 10.2 Å². The third-order valence-corrected chi connectivity index (χ3v) is 2.90. The Morgan fingerprint density at radius 3 is 2.75 bits per heavy atom. The Labute approximate surface area is 103 Å². The summed E-state index contributed by atoms with van der Waals surface area (Å²) in [7, 11) is 0. The molecule has 0 saturated carbocycles. The summed E-state index contributed by atoms with van der Waals surface area (Å²) < 4.78 is 0. The van der Waals surface area contributed by atoms with E-state index in [4.69, 9.17) is 11.6 Å². The van der Waals surface area contributed by atoms with Gasteiger partial charge >= 0.3 is 0 Å². The lowest BCUT2D eigenvalue weighted by molar-refractivity contribution is 0.303. The molecule has 0 aromatic carbocycles. The van der Waals surface area contributed by atoms with Crippen LogP contribution in [0.4, 0.5) is 5.82 Å². The molecule has 1 heterocycles. The van der Waals surface area contributed by atoms with Crippen LogP contribution in [0.1, 0.15) is 20.3 Å². The van der Waals surface area contributed by atoms with Gasteiger partial charge in [-0.1, -0.05) is 25.4 Å². The molecule has 0 bridgehead atoms. The molecule has 0 saturated heterocycles. The molecular formula is C12H20ClN3. The fourth-order valence-electron chi connectivity index (χ4n) is 1.57. The van der Waals surface area contributed by atoms with Crippen LogP contribution in [0.5, 0.6) is 0 Å². The van der Waals surface area contributed by atoms with Gasteiger partial charge in [0.25, 0.3) is 0 Å². The highest BCUT2D eigenvalue weighted by molar-refractivity contribution is 6.32. The van der Waals surface area contributed by atoms with Crippen molar-refractivity contribution < 1.29 is 0 Å². The Hall–Kier alpha value is -0.800. The van der Waals surface area contributed by atoms with E-state index in [2.05, 4.69) is 29.0 Å². The third kappa shape index (κ3) is 4.37. The van der Waals surface area contributed by atoms with Crippen LogP contribution in [0.25, 0.3) is 0 Å². The van der Waals surface area contributed by atoms with Crippen molar-refractivity contribution in [3.63, 3.8) is 0 Å². The molecule has 0 radical (unpaired) electrons. The van der Waals surface area contributed by atoms with Gasteiger partial charge in [-0.25, -0.2) is 4.98 Å². The van der Waals surface area contributed by atoms with Crippen molar-refractivity contribution in [2.24, 2.45) is 0 Å². The van der Waals surface area contributed by atoms with Crippen molar-refractivity contribution in [1.82, 2.24) is 9.88 Å². The molecular weight excluding hydrogens is 222 g/mol. The van der Waals surface area contributed by atoms with E-state index in [0.29, 0.717) is 5.02 Å². The van der Waals surface area contributed by atoms with E-state index in [-0.39, 0.29) is 0 Å². The Morgan fingerprint density at radius 2 is 2.12 bits per heavy atom. The van der Waals surface area contributed by atoms with E-state index in [9.17, 15) is 0 Å². The molecule has 0 aliphatic carbocycles. The number of nitrogens with zero attached hydrogens (tertiary/aromatic N) is 2. The van der Waals surface area contributed by atoms with E-state index in [0.717, 1.165) is 38.4 Å². The van der Waals surface area contributed by atoms with E-state index in [1.165, 1.54) is 0 Å². The highest BCUT2D eigenvalue weighted by Crippen LogP contribution is 2.16. The minimum Gasteiger partial charge on any atom is -0.369 e. The lowest BCUT2D eigenvalue weighted by Gasteiger charge is -2.17. The Kier molecular flexibility index (Phi) is 6.19. The van der Waals surface area contributed by atoms with Crippen LogP contribution in [0, 0.1) is 0 Å². The number of hydrogen-bond acceptors (Lipinski definition) is 3. The fourth-order valence-corrected chi connectivity index (χ4v) is 1.75. The summed E-state index contributed by atoms with van der Waals surface area (Å²) >= 11 is 5.98. The first-order valence-corrected chi connectivity index (χ1v) is 6.22. The number of rotatable bonds is 7. The molecule has 0 aliphatic rings. The molecule has 0 unspecified atom stereocenters. The molecule has 4 heteroatoms. The molecule has 0 aliphatic heterocycles. The second kappa shape index (κ2) is 7.47. The zero-order valence-corrected chi connectivity index (χ0v) is 10.8. The van der Waals surface area contributed by atoms with Crippen molar-refractivity contribution in [3.05, 3.63) is 23.4 Å². The highest BCUT2D eigenvalue weighted by Gasteiger charge is 2.00. The van der Waals surface area contributed by atoms with Crippen molar-refractivity contribution in [2.45, 2.75) is 20.3 Å². The first kappa shape index (κ1) is 13.3. The molecule has 1 N–H and O–H groups in total. The zero-order valence-electron chi connectivity index (χ0n) is 10.0. The first-order chi connectivity index (χ1) is 7.77. The summed E-state index contributed by atoms with van der Waals surface area (Å²) in [6.45, 7) is 8.62. The van der Waals surface area contributed by atoms with Gasteiger partial charge in [-0.05, 0) is 38.2 Å². The van der Waals surface area contributed by atoms with Crippen LogP contribution in [0.15, 0.2) is 18.3 Å². The molecule has 0 spiro atoms. The molecule has 90 valence electrons. The molecule has 0 fully saturated rings. The number of hydrogen-bond donors (Lipinski definition) is 1. The van der Waals surface area contributed by atoms with Gasteiger partial charge in [-0.3, -0.25) is 0 Å². The van der Waals surface area contributed by atoms with Crippen LogP contribution < -0.4 is 5.32 Å². The van der Waals surface area contributed by atoms with Gasteiger partial charge in [0.1, 0.15) is 5.82 Å². The minimum absolute atomic E-state index is 0.685. The summed E-state index contributed by atoms with van der Waals surface area (Å²) in [5.41, 5.74) is 0. The maximum absolute atomic E-state index is 5.98. The second-order valence-electron chi connectivity index (χ2n) is 3.64. The SMILES string of the molecule is CCN(CC)CCCNc1ncccc1Cl. The van der Waals surface area contributed by atoms with Gasteiger partial charge in [-0.15, -0.1) is 0 Å². The van der Waals surface area contributed by atoms with E-state index in [1.807, 2.05) is 12.1 Å². The van der Waals surface area contributed by atoms with E-state index in [1.54, 1.807) is 6.20 Å². The highest BCUT2D eigenvalue weighted by atomic mass is 35.5. The summed E-state index contributed by atoms with van der Waals surface area (Å²) in [5, 5.41) is 3.93. The molecule has 16 heavy (non-hydrogen) atoms. The first-order valence-electron chi connectivity index (χ1n) is 5.84. The number of pyridine rings is 1. The third-order valence-electron chi connectivity index (χ3n) is 2.60. The van der Waals surface area contributed by atoms with Crippen molar-refractivity contribution in [2.75, 3.05) is 31.5 Å². The number of nitrogens with one attached hydrogen (secondary N) is 1. The van der Waals surface area contributed by atoms with Crippen LogP contribution in [-0.4, -0.2) is 36.1 Å². The van der Waals surface area contributed by atoms with Crippen molar-refractivity contribution in [3.8, 4) is 0 Å². The Balaban J connectivity index is 2.23. The van der Waals surface area contributed by atoms with Gasteiger partial charge in [0.2, 0.25) is 0 Å². The van der Waals surface area contributed by atoms with E-state index >= 15 is 0 Å². The largest absolute Gasteiger partial charge is 0.369 e. The van der Waals surface area contributed by atoms with Crippen LogP contribution >= 0.6 is 11.6 Å². The quantitative estimate of drug-likeness (QED) is 0.744. The fraction of sp³-hybridized carbons (Fsp3) is 0.583. The van der Waals surface area contributed by atoms with Crippen LogP contribution in [0.2, 0.25) is 5.02 Å². The average Bonchev–Trinajstić information content (AvgIpc) is 2.31. The lowest BCUT2D eigenvalue weighted by Crippen LogP contribution is -2.25. The van der Waals surface area contributed by atoms with Crippen LogP contribution in [-0.2, 0) is 0 Å².